The fraction of sp³-hybridized carbons (Fsp3) is 0.333. The van der Waals surface area contributed by atoms with E-state index in [9.17, 15) is 17.6 Å². The predicted octanol–water partition coefficient (Wildman–Crippen LogP) is 2.98. The van der Waals surface area contributed by atoms with Gasteiger partial charge in [-0.3, -0.25) is 4.79 Å². The second-order valence-corrected chi connectivity index (χ2v) is 9.03. The molecule has 2 aromatic carbocycles. The van der Waals surface area contributed by atoms with Crippen molar-refractivity contribution in [1.29, 1.82) is 5.26 Å². The van der Waals surface area contributed by atoms with E-state index >= 15 is 0 Å². The van der Waals surface area contributed by atoms with Crippen molar-refractivity contribution in [1.82, 2.24) is 9.62 Å². The van der Waals surface area contributed by atoms with Gasteiger partial charge in [0.25, 0.3) is 0 Å². The maximum Gasteiger partial charge on any atom is 0.243 e. The summed E-state index contributed by atoms with van der Waals surface area (Å²) in [6, 6.07) is 13.6. The molecule has 1 aliphatic heterocycles. The van der Waals surface area contributed by atoms with Gasteiger partial charge in [-0.2, -0.15) is 9.57 Å². The van der Waals surface area contributed by atoms with Crippen molar-refractivity contribution in [3.63, 3.8) is 0 Å². The van der Waals surface area contributed by atoms with Gasteiger partial charge >= 0.3 is 0 Å². The van der Waals surface area contributed by atoms with E-state index in [4.69, 9.17) is 5.26 Å². The van der Waals surface area contributed by atoms with Gasteiger partial charge in [0.2, 0.25) is 15.9 Å². The Labute approximate surface area is 170 Å². The second-order valence-electron chi connectivity index (χ2n) is 7.10. The third kappa shape index (κ3) is 4.81. The first-order valence-electron chi connectivity index (χ1n) is 9.37. The van der Waals surface area contributed by atoms with Gasteiger partial charge in [-0.05, 0) is 61.7 Å². The molecule has 1 aliphatic rings. The summed E-state index contributed by atoms with van der Waals surface area (Å²) in [5, 5.41) is 11.8. The minimum atomic E-state index is -3.69. The van der Waals surface area contributed by atoms with Crippen LogP contribution in [0.5, 0.6) is 0 Å². The summed E-state index contributed by atoms with van der Waals surface area (Å²) < 4.78 is 39.7. The van der Waals surface area contributed by atoms with Crippen LogP contribution in [-0.4, -0.2) is 31.7 Å². The summed E-state index contributed by atoms with van der Waals surface area (Å²) in [7, 11) is -3.69. The van der Waals surface area contributed by atoms with Crippen molar-refractivity contribution >= 4 is 15.9 Å². The Morgan fingerprint density at radius 2 is 1.72 bits per heavy atom. The van der Waals surface area contributed by atoms with Gasteiger partial charge in [0, 0.05) is 19.0 Å². The number of sulfonamides is 1. The lowest BCUT2D eigenvalue weighted by atomic mass is 9.96. The van der Waals surface area contributed by atoms with Crippen LogP contribution in [-0.2, 0) is 14.8 Å². The molecule has 1 N–H and O–H groups in total. The quantitative estimate of drug-likeness (QED) is 0.813. The fourth-order valence-corrected chi connectivity index (χ4v) is 4.84. The molecule has 1 heterocycles. The highest BCUT2D eigenvalue weighted by Crippen LogP contribution is 2.25. The van der Waals surface area contributed by atoms with Crippen molar-refractivity contribution in [2.45, 2.75) is 30.7 Å². The zero-order valence-electron chi connectivity index (χ0n) is 16.0. The van der Waals surface area contributed by atoms with Crippen LogP contribution in [0.25, 0.3) is 0 Å². The lowest BCUT2D eigenvalue weighted by Crippen LogP contribution is -2.43. The van der Waals surface area contributed by atoms with Crippen molar-refractivity contribution in [3.8, 4) is 6.07 Å². The second kappa shape index (κ2) is 8.72. The lowest BCUT2D eigenvalue weighted by Gasteiger charge is -2.31. The smallest absolute Gasteiger partial charge is 0.243 e. The summed E-state index contributed by atoms with van der Waals surface area (Å²) in [6.45, 7) is 2.35. The number of rotatable bonds is 5. The number of carbonyl (C=O) groups excluding carboxylic acids is 1. The molecule has 1 fully saturated rings. The summed E-state index contributed by atoms with van der Waals surface area (Å²) in [6.07, 6.45) is 0.846. The molecule has 2 aromatic rings. The van der Waals surface area contributed by atoms with Gasteiger partial charge in [0.05, 0.1) is 22.6 Å². The Kier molecular flexibility index (Phi) is 6.30. The maximum atomic E-state index is 13.1. The molecule has 0 aliphatic carbocycles. The average molecular weight is 415 g/mol. The highest BCUT2D eigenvalue weighted by molar-refractivity contribution is 7.89. The van der Waals surface area contributed by atoms with E-state index in [1.807, 2.05) is 6.92 Å². The Balaban J connectivity index is 1.57. The van der Waals surface area contributed by atoms with Crippen molar-refractivity contribution in [2.75, 3.05) is 13.1 Å². The summed E-state index contributed by atoms with van der Waals surface area (Å²) in [4.78, 5) is 12.6. The number of hydrogen-bond donors (Lipinski definition) is 1. The summed E-state index contributed by atoms with van der Waals surface area (Å²) in [5.74, 6) is -0.869. The van der Waals surface area contributed by atoms with E-state index in [2.05, 4.69) is 11.4 Å². The Hall–Kier alpha value is -2.76. The van der Waals surface area contributed by atoms with Gasteiger partial charge in [-0.25, -0.2) is 12.8 Å². The zero-order chi connectivity index (χ0) is 21.0. The molecule has 1 saturated heterocycles. The number of nitrogens with one attached hydrogen (secondary N) is 1. The largest absolute Gasteiger partial charge is 0.349 e. The normalized spacial score (nSPS) is 16.7. The molecule has 1 amide bonds. The van der Waals surface area contributed by atoms with Gasteiger partial charge < -0.3 is 5.32 Å². The fourth-order valence-electron chi connectivity index (χ4n) is 3.37. The van der Waals surface area contributed by atoms with Crippen LogP contribution in [0, 0.1) is 23.1 Å². The van der Waals surface area contributed by atoms with Gasteiger partial charge in [0.15, 0.2) is 0 Å². The molecule has 1 unspecified atom stereocenters. The Morgan fingerprint density at radius 1 is 1.14 bits per heavy atom. The molecule has 29 heavy (non-hydrogen) atoms. The highest BCUT2D eigenvalue weighted by Gasteiger charge is 2.32. The van der Waals surface area contributed by atoms with Crippen LogP contribution in [0.4, 0.5) is 4.39 Å². The van der Waals surface area contributed by atoms with Crippen LogP contribution >= 0.6 is 0 Å². The Morgan fingerprint density at radius 3 is 2.28 bits per heavy atom. The zero-order valence-corrected chi connectivity index (χ0v) is 16.8. The molecule has 8 heteroatoms. The number of nitriles is 1. The molecular formula is C21H22FN3O3S. The Bertz CT molecular complexity index is 1010. The van der Waals surface area contributed by atoms with E-state index in [0.29, 0.717) is 18.4 Å². The minimum absolute atomic E-state index is 0.0521. The van der Waals surface area contributed by atoms with E-state index in [-0.39, 0.29) is 35.9 Å². The monoisotopic (exact) mass is 415 g/mol. The summed E-state index contributed by atoms with van der Waals surface area (Å²) >= 11 is 0. The van der Waals surface area contributed by atoms with Crippen LogP contribution in [0.15, 0.2) is 53.4 Å². The van der Waals surface area contributed by atoms with E-state index < -0.39 is 15.8 Å². The number of amides is 1. The third-order valence-corrected chi connectivity index (χ3v) is 7.09. The van der Waals surface area contributed by atoms with Gasteiger partial charge in [-0.15, -0.1) is 0 Å². The first-order valence-corrected chi connectivity index (χ1v) is 10.8. The number of halogens is 1. The molecule has 3 rings (SSSR count). The predicted molar refractivity (Wildman–Crippen MR) is 106 cm³/mol. The SMILES string of the molecule is CC(NC(=O)C1CCN(S(=O)(=O)c2ccc(F)cc2)CC1)c1ccc(C#N)cc1. The number of benzene rings is 2. The lowest BCUT2D eigenvalue weighted by molar-refractivity contribution is -0.126. The molecule has 0 spiro atoms. The average Bonchev–Trinajstić information content (AvgIpc) is 2.74. The van der Waals surface area contributed by atoms with Gasteiger partial charge in [-0.1, -0.05) is 12.1 Å². The van der Waals surface area contributed by atoms with Crippen LogP contribution in [0.1, 0.15) is 36.9 Å². The third-order valence-electron chi connectivity index (χ3n) is 5.17. The molecule has 0 bridgehead atoms. The maximum absolute atomic E-state index is 13.1. The number of carbonyl (C=O) groups is 1. The molecule has 1 atom stereocenters. The summed E-state index contributed by atoms with van der Waals surface area (Å²) in [5.41, 5.74) is 1.45. The minimum Gasteiger partial charge on any atom is -0.349 e. The van der Waals surface area contributed by atoms with Crippen LogP contribution < -0.4 is 5.32 Å². The van der Waals surface area contributed by atoms with Crippen molar-refractivity contribution in [2.24, 2.45) is 5.92 Å². The highest BCUT2D eigenvalue weighted by atomic mass is 32.2. The molecule has 0 saturated carbocycles. The molecular weight excluding hydrogens is 393 g/mol. The molecule has 152 valence electrons. The van der Waals surface area contributed by atoms with Crippen LogP contribution in [0.2, 0.25) is 0 Å². The number of nitrogens with zero attached hydrogens (tertiary/aromatic N) is 2. The molecule has 0 aromatic heterocycles. The first kappa shape index (κ1) is 21.0. The first-order chi connectivity index (χ1) is 13.8. The van der Waals surface area contributed by atoms with Crippen molar-refractivity contribution < 1.29 is 17.6 Å². The molecule has 0 radical (unpaired) electrons. The van der Waals surface area contributed by atoms with Gasteiger partial charge in [0.1, 0.15) is 5.82 Å². The van der Waals surface area contributed by atoms with Crippen molar-refractivity contribution in [3.05, 3.63) is 65.5 Å². The van der Waals surface area contributed by atoms with E-state index in [1.54, 1.807) is 24.3 Å². The standard InChI is InChI=1S/C21H22FN3O3S/c1-15(17-4-2-16(14-23)3-5-17)24-21(26)18-10-12-25(13-11-18)29(27,28)20-8-6-19(22)7-9-20/h2-9,15,18H,10-13H2,1H3,(H,24,26). The number of hydrogen-bond acceptors (Lipinski definition) is 4. The number of piperidine rings is 1. The van der Waals surface area contributed by atoms with E-state index in [1.165, 1.54) is 16.4 Å². The topological polar surface area (TPSA) is 90.3 Å². The molecule has 6 nitrogen and oxygen atoms in total. The van der Waals surface area contributed by atoms with Crippen LogP contribution in [0.3, 0.4) is 0 Å². The van der Waals surface area contributed by atoms with E-state index in [0.717, 1.165) is 17.7 Å².